The van der Waals surface area contributed by atoms with Crippen LogP contribution in [0.1, 0.15) is 31.9 Å². The highest BCUT2D eigenvalue weighted by molar-refractivity contribution is 7.52. The number of nitro groups is 1. The van der Waals surface area contributed by atoms with Crippen LogP contribution >= 0.6 is 7.75 Å². The van der Waals surface area contributed by atoms with Gasteiger partial charge in [0.15, 0.2) is 0 Å². The second kappa shape index (κ2) is 7.02. The Bertz CT molecular complexity index is 574. The van der Waals surface area contributed by atoms with Crippen LogP contribution in [0.25, 0.3) is 0 Å². The predicted octanol–water partition coefficient (Wildman–Crippen LogP) is 3.73. The first-order chi connectivity index (χ1) is 9.68. The Labute approximate surface area is 124 Å². The average molecular weight is 316 g/mol. The third-order valence-corrected chi connectivity index (χ3v) is 4.38. The molecule has 1 N–H and O–H groups in total. The van der Waals surface area contributed by atoms with Gasteiger partial charge in [-0.15, -0.1) is 0 Å². The Balaban J connectivity index is 3.26. The van der Waals surface area contributed by atoms with Gasteiger partial charge < -0.3 is 4.52 Å². The molecule has 0 radical (unpaired) electrons. The molecule has 1 atom stereocenters. The van der Waals surface area contributed by atoms with Gasteiger partial charge in [-0.3, -0.25) is 14.6 Å². The van der Waals surface area contributed by atoms with Crippen LogP contribution in [0.15, 0.2) is 12.1 Å². The molecule has 0 fully saturated rings. The topological polar surface area (TPSA) is 90.7 Å². The van der Waals surface area contributed by atoms with Crippen molar-refractivity contribution in [1.82, 2.24) is 5.09 Å². The molecule has 7 nitrogen and oxygen atoms in total. The third-order valence-electron chi connectivity index (χ3n) is 2.52. The standard InChI is InChI=1S/C13H21N2O5P/c1-6-19-21(18,14-9(2)3)20-13-11(5)7-10(4)8-12(13)15(16)17/h7-9H,6H2,1-5H3,(H,14,18). The molecule has 0 amide bonds. The van der Waals surface area contributed by atoms with E-state index < -0.39 is 12.7 Å². The van der Waals surface area contributed by atoms with Gasteiger partial charge in [-0.2, -0.15) is 0 Å². The smallest absolute Gasteiger partial charge is 0.405 e. The first kappa shape index (κ1) is 17.6. The number of nitrogens with one attached hydrogen (secondary N) is 1. The van der Waals surface area contributed by atoms with E-state index in [9.17, 15) is 14.7 Å². The van der Waals surface area contributed by atoms with E-state index in [0.717, 1.165) is 5.56 Å². The van der Waals surface area contributed by atoms with E-state index >= 15 is 0 Å². The van der Waals surface area contributed by atoms with Gasteiger partial charge in [0, 0.05) is 12.1 Å². The van der Waals surface area contributed by atoms with Gasteiger partial charge in [0.05, 0.1) is 11.5 Å². The average Bonchev–Trinajstić information content (AvgIpc) is 2.31. The molecule has 0 spiro atoms. The molecule has 1 rings (SSSR count). The molecule has 1 aromatic rings. The second-order valence-electron chi connectivity index (χ2n) is 4.98. The maximum Gasteiger partial charge on any atom is 0.459 e. The van der Waals surface area contributed by atoms with E-state index in [1.807, 2.05) is 0 Å². The Hall–Kier alpha value is -1.43. The molecular formula is C13H21N2O5P. The lowest BCUT2D eigenvalue weighted by Crippen LogP contribution is -2.24. The number of rotatable bonds is 7. The normalized spacial score (nSPS) is 14.0. The van der Waals surface area contributed by atoms with E-state index in [0.29, 0.717) is 5.56 Å². The Morgan fingerprint density at radius 1 is 1.38 bits per heavy atom. The van der Waals surface area contributed by atoms with E-state index in [4.69, 9.17) is 9.05 Å². The number of aryl methyl sites for hydroxylation is 2. The number of hydrogen-bond donors (Lipinski definition) is 1. The molecule has 0 aliphatic rings. The lowest BCUT2D eigenvalue weighted by Gasteiger charge is -2.22. The summed E-state index contributed by atoms with van der Waals surface area (Å²) >= 11 is 0. The van der Waals surface area contributed by atoms with Crippen LogP contribution < -0.4 is 9.61 Å². The van der Waals surface area contributed by atoms with Crippen LogP contribution in [-0.2, 0) is 9.09 Å². The van der Waals surface area contributed by atoms with Gasteiger partial charge in [-0.1, -0.05) is 6.07 Å². The van der Waals surface area contributed by atoms with Gasteiger partial charge >= 0.3 is 13.4 Å². The van der Waals surface area contributed by atoms with Crippen molar-refractivity contribution in [3.05, 3.63) is 33.4 Å². The van der Waals surface area contributed by atoms with Gasteiger partial charge in [0.2, 0.25) is 5.75 Å². The minimum Gasteiger partial charge on any atom is -0.405 e. The molecule has 8 heteroatoms. The molecule has 1 aromatic carbocycles. The molecule has 118 valence electrons. The number of hydrogen-bond acceptors (Lipinski definition) is 5. The molecule has 0 aliphatic heterocycles. The fraction of sp³-hybridized carbons (Fsp3) is 0.538. The van der Waals surface area contributed by atoms with Crippen LogP contribution in [0.3, 0.4) is 0 Å². The number of nitro benzene ring substituents is 1. The maximum absolute atomic E-state index is 12.6. The summed E-state index contributed by atoms with van der Waals surface area (Å²) in [6, 6.07) is 2.95. The first-order valence-corrected chi connectivity index (χ1v) is 8.20. The van der Waals surface area contributed by atoms with E-state index in [1.165, 1.54) is 6.07 Å². The largest absolute Gasteiger partial charge is 0.459 e. The fourth-order valence-corrected chi connectivity index (χ4v) is 3.51. The van der Waals surface area contributed by atoms with Crippen molar-refractivity contribution < 1.29 is 18.5 Å². The summed E-state index contributed by atoms with van der Waals surface area (Å²) in [5.41, 5.74) is 1.04. The summed E-state index contributed by atoms with van der Waals surface area (Å²) in [5, 5.41) is 13.9. The van der Waals surface area contributed by atoms with Gasteiger partial charge in [-0.25, -0.2) is 9.65 Å². The summed E-state index contributed by atoms with van der Waals surface area (Å²) in [6.45, 7) is 8.82. The van der Waals surface area contributed by atoms with Crippen LogP contribution in [0.2, 0.25) is 0 Å². The van der Waals surface area contributed by atoms with Crippen molar-refractivity contribution in [2.45, 2.75) is 40.7 Å². The van der Waals surface area contributed by atoms with E-state index in [1.54, 1.807) is 40.7 Å². The number of nitrogens with zero attached hydrogens (tertiary/aromatic N) is 1. The maximum atomic E-state index is 12.6. The minimum atomic E-state index is -3.66. The highest BCUT2D eigenvalue weighted by atomic mass is 31.2. The zero-order valence-electron chi connectivity index (χ0n) is 12.9. The number of benzene rings is 1. The minimum absolute atomic E-state index is 0.0319. The molecule has 21 heavy (non-hydrogen) atoms. The predicted molar refractivity (Wildman–Crippen MR) is 80.7 cm³/mol. The van der Waals surface area contributed by atoms with Crippen LogP contribution in [0.4, 0.5) is 5.69 Å². The molecule has 1 unspecified atom stereocenters. The Kier molecular flexibility index (Phi) is 5.89. The summed E-state index contributed by atoms with van der Waals surface area (Å²) in [6.07, 6.45) is 0. The van der Waals surface area contributed by atoms with Crippen molar-refractivity contribution in [1.29, 1.82) is 0 Å². The molecule has 0 saturated carbocycles. The SMILES string of the molecule is CCOP(=O)(NC(C)C)Oc1c(C)cc(C)cc1[N+](=O)[O-]. The van der Waals surface area contributed by atoms with Crippen LogP contribution in [-0.4, -0.2) is 17.6 Å². The third kappa shape index (κ3) is 4.81. The monoisotopic (exact) mass is 316 g/mol. The second-order valence-corrected chi connectivity index (χ2v) is 6.67. The quantitative estimate of drug-likeness (QED) is 0.468. The summed E-state index contributed by atoms with van der Waals surface area (Å²) < 4.78 is 23.2. The molecule has 0 heterocycles. The highest BCUT2D eigenvalue weighted by Gasteiger charge is 2.31. The van der Waals surface area contributed by atoms with Crippen molar-refractivity contribution in [3.8, 4) is 5.75 Å². The zero-order chi connectivity index (χ0) is 16.2. The Morgan fingerprint density at radius 2 is 2.00 bits per heavy atom. The molecule has 0 aromatic heterocycles. The lowest BCUT2D eigenvalue weighted by molar-refractivity contribution is -0.385. The molecule has 0 aliphatic carbocycles. The van der Waals surface area contributed by atoms with Crippen molar-refractivity contribution in [2.75, 3.05) is 6.61 Å². The molecule has 0 saturated heterocycles. The van der Waals surface area contributed by atoms with Gasteiger partial charge in [0.25, 0.3) is 0 Å². The Morgan fingerprint density at radius 3 is 2.48 bits per heavy atom. The van der Waals surface area contributed by atoms with Crippen molar-refractivity contribution >= 4 is 13.4 Å². The van der Waals surface area contributed by atoms with E-state index in [-0.39, 0.29) is 24.1 Å². The molecular weight excluding hydrogens is 295 g/mol. The van der Waals surface area contributed by atoms with Gasteiger partial charge in [0.1, 0.15) is 0 Å². The van der Waals surface area contributed by atoms with Crippen molar-refractivity contribution in [2.24, 2.45) is 0 Å². The summed E-state index contributed by atoms with van der Waals surface area (Å²) in [5.74, 6) is -0.0319. The molecule has 0 bridgehead atoms. The van der Waals surface area contributed by atoms with Gasteiger partial charge in [-0.05, 0) is 45.7 Å². The highest BCUT2D eigenvalue weighted by Crippen LogP contribution is 2.48. The van der Waals surface area contributed by atoms with Crippen molar-refractivity contribution in [3.63, 3.8) is 0 Å². The zero-order valence-corrected chi connectivity index (χ0v) is 13.8. The van der Waals surface area contributed by atoms with Crippen LogP contribution in [0.5, 0.6) is 5.75 Å². The van der Waals surface area contributed by atoms with E-state index in [2.05, 4.69) is 5.09 Å². The summed E-state index contributed by atoms with van der Waals surface area (Å²) in [4.78, 5) is 10.6. The first-order valence-electron chi connectivity index (χ1n) is 6.66. The van der Waals surface area contributed by atoms with Crippen LogP contribution in [0, 0.1) is 24.0 Å². The lowest BCUT2D eigenvalue weighted by atomic mass is 10.1. The summed E-state index contributed by atoms with van der Waals surface area (Å²) in [7, 11) is -3.66. The fourth-order valence-electron chi connectivity index (χ4n) is 1.88.